The zero-order chi connectivity index (χ0) is 14.8. The first-order chi connectivity index (χ1) is 8.53. The number of nitrogens with one attached hydrogen (secondary N) is 1. The fourth-order valence-electron chi connectivity index (χ4n) is 1.64. The summed E-state index contributed by atoms with van der Waals surface area (Å²) in [6.07, 6.45) is 1.18. The molecule has 1 saturated heterocycles. The molecule has 0 aromatic rings. The van der Waals surface area contributed by atoms with Crippen molar-refractivity contribution in [3.8, 4) is 0 Å². The highest BCUT2D eigenvalue weighted by molar-refractivity contribution is 7.92. The van der Waals surface area contributed by atoms with Gasteiger partial charge in [0.2, 0.25) is 0 Å². The quantitative estimate of drug-likeness (QED) is 0.738. The zero-order valence-electron chi connectivity index (χ0n) is 11.3. The van der Waals surface area contributed by atoms with E-state index in [1.54, 1.807) is 13.8 Å². The lowest BCUT2D eigenvalue weighted by molar-refractivity contribution is -0.139. The maximum absolute atomic E-state index is 11.7. The van der Waals surface area contributed by atoms with Crippen molar-refractivity contribution >= 4 is 21.8 Å². The number of carboxylic acid groups (broad SMARTS) is 1. The molecule has 0 atom stereocenters. The molecule has 110 valence electrons. The minimum atomic E-state index is -3.25. The molecule has 1 aliphatic rings. The number of urea groups is 1. The molecule has 1 rings (SSSR count). The molecule has 1 fully saturated rings. The summed E-state index contributed by atoms with van der Waals surface area (Å²) < 4.78 is 21.9. The van der Waals surface area contributed by atoms with Crippen LogP contribution in [0.25, 0.3) is 0 Å². The van der Waals surface area contributed by atoms with Crippen LogP contribution >= 0.6 is 0 Å². The summed E-state index contributed by atoms with van der Waals surface area (Å²) in [5, 5.41) is 11.2. The smallest absolute Gasteiger partial charge is 0.317 e. The van der Waals surface area contributed by atoms with E-state index in [4.69, 9.17) is 5.11 Å². The van der Waals surface area contributed by atoms with Crippen molar-refractivity contribution in [2.75, 3.05) is 25.9 Å². The first kappa shape index (κ1) is 15.7. The van der Waals surface area contributed by atoms with E-state index in [0.29, 0.717) is 13.1 Å². The van der Waals surface area contributed by atoms with E-state index in [9.17, 15) is 18.0 Å². The number of sulfone groups is 1. The van der Waals surface area contributed by atoms with Gasteiger partial charge in [0, 0.05) is 31.8 Å². The highest BCUT2D eigenvalue weighted by Gasteiger charge is 2.34. The summed E-state index contributed by atoms with van der Waals surface area (Å²) in [7, 11) is -3.25. The van der Waals surface area contributed by atoms with Crippen molar-refractivity contribution in [3.63, 3.8) is 0 Å². The third kappa shape index (κ3) is 4.09. The highest BCUT2D eigenvalue weighted by Crippen LogP contribution is 2.19. The molecule has 0 radical (unpaired) electrons. The summed E-state index contributed by atoms with van der Waals surface area (Å²) >= 11 is 0. The molecule has 0 aromatic heterocycles. The average molecular weight is 292 g/mol. The second kappa shape index (κ2) is 5.36. The molecule has 0 saturated carbocycles. The monoisotopic (exact) mass is 292 g/mol. The second-order valence-electron chi connectivity index (χ2n) is 5.56. The minimum Gasteiger partial charge on any atom is -0.481 e. The average Bonchev–Trinajstić information content (AvgIpc) is 2.17. The van der Waals surface area contributed by atoms with Crippen molar-refractivity contribution in [1.29, 1.82) is 0 Å². The number of rotatable bonds is 5. The van der Waals surface area contributed by atoms with Crippen LogP contribution in [0, 0.1) is 5.92 Å². The highest BCUT2D eigenvalue weighted by atomic mass is 32.2. The lowest BCUT2D eigenvalue weighted by Crippen LogP contribution is -2.56. The number of amides is 2. The van der Waals surface area contributed by atoms with Crippen LogP contribution in [0.4, 0.5) is 4.79 Å². The maximum atomic E-state index is 11.7. The first-order valence-corrected chi connectivity index (χ1v) is 7.86. The summed E-state index contributed by atoms with van der Waals surface area (Å²) in [5.41, 5.74) is 0. The Bertz CT molecular complexity index is 465. The van der Waals surface area contributed by atoms with Gasteiger partial charge in [-0.1, -0.05) is 0 Å². The second-order valence-corrected chi connectivity index (χ2v) is 8.21. The number of carboxylic acids is 1. The van der Waals surface area contributed by atoms with Crippen LogP contribution in [0.15, 0.2) is 0 Å². The Labute approximate surface area is 112 Å². The molecule has 7 nitrogen and oxygen atoms in total. The molecule has 0 unspecified atom stereocenters. The Kier molecular flexibility index (Phi) is 4.44. The SMILES string of the molecule is CC(C)(CNC(=O)N1CC(CC(=O)O)C1)S(C)(=O)=O. The number of nitrogens with zero attached hydrogens (tertiary/aromatic N) is 1. The molecule has 1 aliphatic heterocycles. The van der Waals surface area contributed by atoms with Gasteiger partial charge < -0.3 is 15.3 Å². The van der Waals surface area contributed by atoms with Gasteiger partial charge in [-0.2, -0.15) is 0 Å². The van der Waals surface area contributed by atoms with Crippen LogP contribution in [0.5, 0.6) is 0 Å². The number of likely N-dealkylation sites (tertiary alicyclic amines) is 1. The van der Waals surface area contributed by atoms with Crippen molar-refractivity contribution in [2.24, 2.45) is 5.92 Å². The van der Waals surface area contributed by atoms with Gasteiger partial charge >= 0.3 is 12.0 Å². The Morgan fingerprint density at radius 2 is 1.89 bits per heavy atom. The zero-order valence-corrected chi connectivity index (χ0v) is 12.2. The molecule has 2 N–H and O–H groups in total. The molecule has 2 amide bonds. The summed E-state index contributed by atoms with van der Waals surface area (Å²) in [6.45, 7) is 3.93. The van der Waals surface area contributed by atoms with Gasteiger partial charge in [0.15, 0.2) is 9.84 Å². The molecular formula is C11H20N2O5S. The third-order valence-electron chi connectivity index (χ3n) is 3.38. The minimum absolute atomic E-state index is 0.00818. The maximum Gasteiger partial charge on any atom is 0.317 e. The largest absolute Gasteiger partial charge is 0.481 e. The van der Waals surface area contributed by atoms with E-state index < -0.39 is 20.6 Å². The normalized spacial score (nSPS) is 16.9. The number of carbonyl (C=O) groups excluding carboxylic acids is 1. The predicted octanol–water partition coefficient (Wildman–Crippen LogP) is -0.0743. The molecule has 0 spiro atoms. The van der Waals surface area contributed by atoms with Gasteiger partial charge in [0.05, 0.1) is 11.2 Å². The third-order valence-corrected chi connectivity index (χ3v) is 5.53. The van der Waals surface area contributed by atoms with Gasteiger partial charge in [0.25, 0.3) is 0 Å². The van der Waals surface area contributed by atoms with Gasteiger partial charge in [-0.25, -0.2) is 13.2 Å². The Morgan fingerprint density at radius 1 is 1.37 bits per heavy atom. The lowest BCUT2D eigenvalue weighted by Gasteiger charge is -2.39. The van der Waals surface area contributed by atoms with Crippen LogP contribution in [0.3, 0.4) is 0 Å². The number of hydrogen-bond acceptors (Lipinski definition) is 4. The number of aliphatic carboxylic acids is 1. The molecule has 19 heavy (non-hydrogen) atoms. The van der Waals surface area contributed by atoms with Crippen molar-refractivity contribution in [2.45, 2.75) is 25.0 Å². The molecular weight excluding hydrogens is 272 g/mol. The van der Waals surface area contributed by atoms with Crippen LogP contribution in [0.1, 0.15) is 20.3 Å². The van der Waals surface area contributed by atoms with Gasteiger partial charge in [-0.05, 0) is 13.8 Å². The Balaban J connectivity index is 2.37. The van der Waals surface area contributed by atoms with E-state index in [2.05, 4.69) is 5.32 Å². The number of carbonyl (C=O) groups is 2. The Hall–Kier alpha value is -1.31. The van der Waals surface area contributed by atoms with Crippen molar-refractivity contribution in [1.82, 2.24) is 10.2 Å². The van der Waals surface area contributed by atoms with E-state index >= 15 is 0 Å². The fourth-order valence-corrected chi connectivity index (χ4v) is 1.98. The van der Waals surface area contributed by atoms with Crippen LogP contribution in [-0.2, 0) is 14.6 Å². The molecule has 8 heteroatoms. The Morgan fingerprint density at radius 3 is 2.32 bits per heavy atom. The van der Waals surface area contributed by atoms with Gasteiger partial charge in [-0.15, -0.1) is 0 Å². The summed E-state index contributed by atoms with van der Waals surface area (Å²) in [6, 6.07) is -0.349. The predicted molar refractivity (Wildman–Crippen MR) is 69.6 cm³/mol. The lowest BCUT2D eigenvalue weighted by atomic mass is 9.97. The van der Waals surface area contributed by atoms with Crippen LogP contribution < -0.4 is 5.32 Å². The molecule has 1 heterocycles. The van der Waals surface area contributed by atoms with Crippen molar-refractivity contribution < 1.29 is 23.1 Å². The molecule has 0 aromatic carbocycles. The molecule has 0 bridgehead atoms. The fraction of sp³-hybridized carbons (Fsp3) is 0.818. The van der Waals surface area contributed by atoms with E-state index in [1.165, 1.54) is 4.90 Å². The van der Waals surface area contributed by atoms with E-state index in [-0.39, 0.29) is 24.9 Å². The van der Waals surface area contributed by atoms with Gasteiger partial charge in [0.1, 0.15) is 0 Å². The topological polar surface area (TPSA) is 104 Å². The van der Waals surface area contributed by atoms with Crippen LogP contribution in [0.2, 0.25) is 0 Å². The first-order valence-electron chi connectivity index (χ1n) is 5.97. The summed E-state index contributed by atoms with van der Waals surface area (Å²) in [4.78, 5) is 23.6. The summed E-state index contributed by atoms with van der Waals surface area (Å²) in [5.74, 6) is -0.880. The van der Waals surface area contributed by atoms with Crippen molar-refractivity contribution in [3.05, 3.63) is 0 Å². The van der Waals surface area contributed by atoms with E-state index in [0.717, 1.165) is 6.26 Å². The van der Waals surface area contributed by atoms with Gasteiger partial charge in [-0.3, -0.25) is 4.79 Å². The van der Waals surface area contributed by atoms with E-state index in [1.807, 2.05) is 0 Å². The standard InChI is InChI=1S/C11H20N2O5S/c1-11(2,19(3,17)18)7-12-10(16)13-5-8(6-13)4-9(14)15/h8H,4-7H2,1-3H3,(H,12,16)(H,14,15). The number of hydrogen-bond donors (Lipinski definition) is 2. The van der Waals surface area contributed by atoms with Crippen LogP contribution in [-0.4, -0.2) is 61.1 Å². The molecule has 0 aliphatic carbocycles.